The van der Waals surface area contributed by atoms with E-state index >= 15 is 0 Å². The van der Waals surface area contributed by atoms with Gasteiger partial charge in [-0.1, -0.05) is 19.1 Å². The van der Waals surface area contributed by atoms with Crippen molar-refractivity contribution in [1.82, 2.24) is 0 Å². The van der Waals surface area contributed by atoms with Gasteiger partial charge >= 0.3 is 0 Å². The largest absolute Gasteiger partial charge is 0.493 e. The van der Waals surface area contributed by atoms with Gasteiger partial charge in [0, 0.05) is 19.1 Å². The van der Waals surface area contributed by atoms with E-state index in [2.05, 4.69) is 39.8 Å². The second kappa shape index (κ2) is 8.18. The minimum Gasteiger partial charge on any atom is -0.493 e. The van der Waals surface area contributed by atoms with E-state index < -0.39 is 0 Å². The number of nitrogens with two attached hydrogens (primary N) is 1. The van der Waals surface area contributed by atoms with E-state index in [1.54, 1.807) is 0 Å². The van der Waals surface area contributed by atoms with Crippen LogP contribution in [-0.2, 0) is 4.74 Å². The minimum atomic E-state index is 0.155. The molecular weight excluding hydrogens is 238 g/mol. The lowest BCUT2D eigenvalue weighted by Gasteiger charge is -2.14. The first-order chi connectivity index (χ1) is 9.06. The summed E-state index contributed by atoms with van der Waals surface area (Å²) >= 11 is 0. The Labute approximate surface area is 117 Å². The Kier molecular flexibility index (Phi) is 6.89. The zero-order valence-electron chi connectivity index (χ0n) is 12.7. The van der Waals surface area contributed by atoms with E-state index in [0.29, 0.717) is 19.8 Å². The fourth-order valence-corrected chi connectivity index (χ4v) is 1.84. The zero-order chi connectivity index (χ0) is 14.3. The van der Waals surface area contributed by atoms with E-state index in [1.807, 2.05) is 0 Å². The lowest BCUT2D eigenvalue weighted by molar-refractivity contribution is 0.107. The molecule has 1 aromatic carbocycles. The number of hydrogen-bond donors (Lipinski definition) is 1. The first kappa shape index (κ1) is 16.0. The summed E-state index contributed by atoms with van der Waals surface area (Å²) in [5, 5.41) is 0. The molecule has 0 aliphatic rings. The molecule has 0 saturated heterocycles. The summed E-state index contributed by atoms with van der Waals surface area (Å²) in [5.74, 6) is 1.02. The molecule has 0 spiro atoms. The van der Waals surface area contributed by atoms with E-state index in [4.69, 9.17) is 15.2 Å². The summed E-state index contributed by atoms with van der Waals surface area (Å²) in [4.78, 5) is 0. The van der Waals surface area contributed by atoms with Crippen LogP contribution < -0.4 is 10.5 Å². The molecule has 0 saturated carbocycles. The van der Waals surface area contributed by atoms with Gasteiger partial charge in [-0.2, -0.15) is 0 Å². The lowest BCUT2D eigenvalue weighted by atomic mass is 10.1. The Balaban J connectivity index is 2.28. The molecule has 108 valence electrons. The van der Waals surface area contributed by atoms with Crippen LogP contribution in [0.25, 0.3) is 0 Å². The zero-order valence-corrected chi connectivity index (χ0v) is 12.7. The Hall–Kier alpha value is -1.06. The SMILES string of the molecule is CCC(N)COCCCOc1c(C)ccc(C)c1C. The summed E-state index contributed by atoms with van der Waals surface area (Å²) in [6, 6.07) is 4.39. The highest BCUT2D eigenvalue weighted by Crippen LogP contribution is 2.25. The molecule has 0 radical (unpaired) electrons. The lowest BCUT2D eigenvalue weighted by Crippen LogP contribution is -2.25. The van der Waals surface area contributed by atoms with Crippen LogP contribution in [0.3, 0.4) is 0 Å². The molecule has 0 fully saturated rings. The molecule has 1 atom stereocenters. The van der Waals surface area contributed by atoms with Crippen LogP contribution in [-0.4, -0.2) is 25.9 Å². The summed E-state index contributed by atoms with van der Waals surface area (Å²) in [6.07, 6.45) is 1.85. The summed E-state index contributed by atoms with van der Waals surface area (Å²) in [5.41, 5.74) is 9.47. The van der Waals surface area contributed by atoms with Crippen molar-refractivity contribution in [3.05, 3.63) is 28.8 Å². The molecule has 0 aliphatic heterocycles. The molecule has 1 aromatic rings. The predicted molar refractivity (Wildman–Crippen MR) is 79.9 cm³/mol. The van der Waals surface area contributed by atoms with Crippen LogP contribution >= 0.6 is 0 Å². The number of ether oxygens (including phenoxy) is 2. The van der Waals surface area contributed by atoms with E-state index in [-0.39, 0.29) is 6.04 Å². The molecule has 1 unspecified atom stereocenters. The molecular formula is C16H27NO2. The van der Waals surface area contributed by atoms with Gasteiger partial charge in [-0.25, -0.2) is 0 Å². The van der Waals surface area contributed by atoms with Gasteiger partial charge in [0.25, 0.3) is 0 Å². The van der Waals surface area contributed by atoms with Crippen molar-refractivity contribution < 1.29 is 9.47 Å². The Bertz CT molecular complexity index is 391. The molecule has 1 rings (SSSR count). The Morgan fingerprint density at radius 1 is 1.11 bits per heavy atom. The Morgan fingerprint density at radius 3 is 2.47 bits per heavy atom. The number of hydrogen-bond acceptors (Lipinski definition) is 3. The van der Waals surface area contributed by atoms with Crippen molar-refractivity contribution in [2.24, 2.45) is 5.73 Å². The fourth-order valence-electron chi connectivity index (χ4n) is 1.84. The molecule has 19 heavy (non-hydrogen) atoms. The van der Waals surface area contributed by atoms with Crippen LogP contribution in [0.15, 0.2) is 12.1 Å². The molecule has 0 heterocycles. The molecule has 0 aliphatic carbocycles. The first-order valence-electron chi connectivity index (χ1n) is 7.09. The Morgan fingerprint density at radius 2 is 1.79 bits per heavy atom. The average molecular weight is 265 g/mol. The number of benzene rings is 1. The van der Waals surface area contributed by atoms with Crippen molar-refractivity contribution in [1.29, 1.82) is 0 Å². The van der Waals surface area contributed by atoms with Crippen LogP contribution in [0.1, 0.15) is 36.5 Å². The van der Waals surface area contributed by atoms with Crippen molar-refractivity contribution in [3.8, 4) is 5.75 Å². The maximum Gasteiger partial charge on any atom is 0.125 e. The van der Waals surface area contributed by atoms with Gasteiger partial charge in [0.1, 0.15) is 5.75 Å². The maximum absolute atomic E-state index is 5.87. The summed E-state index contributed by atoms with van der Waals surface area (Å²) < 4.78 is 11.4. The third-order valence-corrected chi connectivity index (χ3v) is 3.41. The standard InChI is InChI=1S/C16H27NO2/c1-5-15(17)11-18-9-6-10-19-16-13(3)8-7-12(2)14(16)4/h7-8,15H,5-6,9-11,17H2,1-4H3. The minimum absolute atomic E-state index is 0.155. The van der Waals surface area contributed by atoms with E-state index in [0.717, 1.165) is 18.6 Å². The van der Waals surface area contributed by atoms with Gasteiger partial charge in [-0.15, -0.1) is 0 Å². The van der Waals surface area contributed by atoms with Crippen LogP contribution in [0.5, 0.6) is 5.75 Å². The highest BCUT2D eigenvalue weighted by atomic mass is 16.5. The monoisotopic (exact) mass is 265 g/mol. The van der Waals surface area contributed by atoms with Crippen molar-refractivity contribution in [3.63, 3.8) is 0 Å². The third-order valence-electron chi connectivity index (χ3n) is 3.41. The van der Waals surface area contributed by atoms with Gasteiger partial charge in [0.05, 0.1) is 13.2 Å². The molecule has 3 heteroatoms. The highest BCUT2D eigenvalue weighted by molar-refractivity contribution is 5.44. The molecule has 0 amide bonds. The molecule has 3 nitrogen and oxygen atoms in total. The smallest absolute Gasteiger partial charge is 0.125 e. The molecule has 0 aromatic heterocycles. The average Bonchev–Trinajstić information content (AvgIpc) is 2.41. The van der Waals surface area contributed by atoms with E-state index in [1.165, 1.54) is 16.7 Å². The third kappa shape index (κ3) is 5.21. The summed E-state index contributed by atoms with van der Waals surface area (Å²) in [7, 11) is 0. The molecule has 0 bridgehead atoms. The topological polar surface area (TPSA) is 44.5 Å². The van der Waals surface area contributed by atoms with Crippen LogP contribution in [0.4, 0.5) is 0 Å². The van der Waals surface area contributed by atoms with Crippen LogP contribution in [0.2, 0.25) is 0 Å². The van der Waals surface area contributed by atoms with Gasteiger partial charge in [-0.3, -0.25) is 0 Å². The van der Waals surface area contributed by atoms with Gasteiger partial charge in [-0.05, 0) is 43.9 Å². The van der Waals surface area contributed by atoms with Gasteiger partial charge < -0.3 is 15.2 Å². The van der Waals surface area contributed by atoms with Crippen molar-refractivity contribution in [2.75, 3.05) is 19.8 Å². The highest BCUT2D eigenvalue weighted by Gasteiger charge is 2.06. The van der Waals surface area contributed by atoms with Crippen molar-refractivity contribution in [2.45, 2.75) is 46.6 Å². The second-order valence-electron chi connectivity index (χ2n) is 5.10. The predicted octanol–water partition coefficient (Wildman–Crippen LogP) is 3.13. The summed E-state index contributed by atoms with van der Waals surface area (Å²) in [6.45, 7) is 10.4. The number of rotatable bonds is 8. The van der Waals surface area contributed by atoms with Crippen molar-refractivity contribution >= 4 is 0 Å². The number of aryl methyl sites for hydroxylation is 2. The molecule has 2 N–H and O–H groups in total. The fraction of sp³-hybridized carbons (Fsp3) is 0.625. The van der Waals surface area contributed by atoms with E-state index in [9.17, 15) is 0 Å². The first-order valence-corrected chi connectivity index (χ1v) is 7.09. The van der Waals surface area contributed by atoms with Gasteiger partial charge in [0.2, 0.25) is 0 Å². The quantitative estimate of drug-likeness (QED) is 0.734. The second-order valence-corrected chi connectivity index (χ2v) is 5.10. The normalized spacial score (nSPS) is 12.5. The van der Waals surface area contributed by atoms with Crippen LogP contribution in [0, 0.1) is 20.8 Å². The maximum atomic E-state index is 5.87. The van der Waals surface area contributed by atoms with Gasteiger partial charge in [0.15, 0.2) is 0 Å².